The van der Waals surface area contributed by atoms with Gasteiger partial charge in [-0.25, -0.2) is 9.97 Å². The summed E-state index contributed by atoms with van der Waals surface area (Å²) in [6, 6.07) is 2.61. The summed E-state index contributed by atoms with van der Waals surface area (Å²) in [6.07, 6.45) is 10.8. The maximum absolute atomic E-state index is 12.8. The van der Waals surface area contributed by atoms with Crippen molar-refractivity contribution in [3.63, 3.8) is 0 Å². The van der Waals surface area contributed by atoms with Gasteiger partial charge in [0, 0.05) is 24.0 Å². The van der Waals surface area contributed by atoms with E-state index in [4.69, 9.17) is 0 Å². The van der Waals surface area contributed by atoms with Gasteiger partial charge in [-0.05, 0) is 38.2 Å². The number of piperidine rings is 1. The Bertz CT molecular complexity index is 768. The van der Waals surface area contributed by atoms with Crippen molar-refractivity contribution >= 4 is 33.3 Å². The number of hydrogen-bond acceptors (Lipinski definition) is 5. The first-order valence-electron chi connectivity index (χ1n) is 10.0. The van der Waals surface area contributed by atoms with Gasteiger partial charge < -0.3 is 10.2 Å². The third kappa shape index (κ3) is 3.70. The Labute approximate surface area is 159 Å². The highest BCUT2D eigenvalue weighted by molar-refractivity contribution is 7.18. The molecule has 3 heterocycles. The van der Waals surface area contributed by atoms with Gasteiger partial charge in [-0.2, -0.15) is 0 Å². The summed E-state index contributed by atoms with van der Waals surface area (Å²) in [5, 5.41) is 4.46. The van der Waals surface area contributed by atoms with Gasteiger partial charge in [-0.1, -0.05) is 26.2 Å². The summed E-state index contributed by atoms with van der Waals surface area (Å²) < 4.78 is 0. The summed E-state index contributed by atoms with van der Waals surface area (Å²) >= 11 is 1.75. The quantitative estimate of drug-likeness (QED) is 0.884. The van der Waals surface area contributed by atoms with Gasteiger partial charge in [0.2, 0.25) is 5.91 Å². The van der Waals surface area contributed by atoms with Crippen molar-refractivity contribution < 1.29 is 4.79 Å². The number of carbonyl (C=O) groups excluding carboxylic acids is 1. The minimum Gasteiger partial charge on any atom is -0.355 e. The molecule has 2 aliphatic rings. The van der Waals surface area contributed by atoms with E-state index < -0.39 is 0 Å². The number of hydrogen-bond donors (Lipinski definition) is 1. The molecule has 4 rings (SSSR count). The van der Waals surface area contributed by atoms with Crippen LogP contribution in [0.2, 0.25) is 0 Å². The van der Waals surface area contributed by atoms with Crippen molar-refractivity contribution in [3.05, 3.63) is 17.3 Å². The topological polar surface area (TPSA) is 58.1 Å². The van der Waals surface area contributed by atoms with Gasteiger partial charge >= 0.3 is 0 Å². The van der Waals surface area contributed by atoms with E-state index in [-0.39, 0.29) is 11.8 Å². The molecule has 5 nitrogen and oxygen atoms in total. The van der Waals surface area contributed by atoms with E-state index in [1.165, 1.54) is 24.1 Å². The number of rotatable bonds is 4. The zero-order valence-corrected chi connectivity index (χ0v) is 16.4. The Kier molecular flexibility index (Phi) is 5.38. The SMILES string of the molecule is CCc1cc2c(N3CCC[C@H](C(=O)NC4CCCCC4)C3)ncnc2s1. The maximum atomic E-state index is 12.8. The molecule has 1 aliphatic carbocycles. The molecule has 2 aromatic heterocycles. The molecular formula is C20H28N4OS. The number of anilines is 1. The van der Waals surface area contributed by atoms with E-state index in [1.807, 2.05) is 0 Å². The van der Waals surface area contributed by atoms with E-state index in [0.717, 1.165) is 61.2 Å². The van der Waals surface area contributed by atoms with E-state index in [9.17, 15) is 4.79 Å². The van der Waals surface area contributed by atoms with Gasteiger partial charge in [0.25, 0.3) is 0 Å². The molecule has 1 N–H and O–H groups in total. The molecule has 0 aromatic carbocycles. The van der Waals surface area contributed by atoms with E-state index >= 15 is 0 Å². The lowest BCUT2D eigenvalue weighted by molar-refractivity contribution is -0.126. The highest BCUT2D eigenvalue weighted by atomic mass is 32.1. The summed E-state index contributed by atoms with van der Waals surface area (Å²) in [6.45, 7) is 3.91. The average molecular weight is 373 g/mol. The second-order valence-electron chi connectivity index (χ2n) is 7.61. The summed E-state index contributed by atoms with van der Waals surface area (Å²) in [5.41, 5.74) is 0. The molecular weight excluding hydrogens is 344 g/mol. The van der Waals surface area contributed by atoms with Crippen molar-refractivity contribution in [2.45, 2.75) is 64.3 Å². The van der Waals surface area contributed by atoms with Crippen LogP contribution in [-0.2, 0) is 11.2 Å². The van der Waals surface area contributed by atoms with E-state index in [1.54, 1.807) is 17.7 Å². The van der Waals surface area contributed by atoms with Crippen molar-refractivity contribution in [2.75, 3.05) is 18.0 Å². The highest BCUT2D eigenvalue weighted by Gasteiger charge is 2.29. The number of carbonyl (C=O) groups is 1. The van der Waals surface area contributed by atoms with Crippen LogP contribution in [0.15, 0.2) is 12.4 Å². The van der Waals surface area contributed by atoms with Gasteiger partial charge in [-0.3, -0.25) is 4.79 Å². The number of amides is 1. The molecule has 1 aliphatic heterocycles. The molecule has 26 heavy (non-hydrogen) atoms. The average Bonchev–Trinajstić information content (AvgIpc) is 3.12. The van der Waals surface area contributed by atoms with Crippen molar-refractivity contribution in [2.24, 2.45) is 5.92 Å². The van der Waals surface area contributed by atoms with E-state index in [2.05, 4.69) is 33.2 Å². The van der Waals surface area contributed by atoms with Crippen LogP contribution < -0.4 is 10.2 Å². The van der Waals surface area contributed by atoms with Crippen LogP contribution in [0.1, 0.15) is 56.7 Å². The number of aryl methyl sites for hydroxylation is 1. The Balaban J connectivity index is 1.48. The molecule has 0 bridgehead atoms. The van der Waals surface area contributed by atoms with Gasteiger partial charge in [-0.15, -0.1) is 11.3 Å². The fourth-order valence-corrected chi connectivity index (χ4v) is 5.20. The molecule has 6 heteroatoms. The highest BCUT2D eigenvalue weighted by Crippen LogP contribution is 2.32. The fourth-order valence-electron chi connectivity index (χ4n) is 4.27. The van der Waals surface area contributed by atoms with Crippen LogP contribution in [0.5, 0.6) is 0 Å². The van der Waals surface area contributed by atoms with Gasteiger partial charge in [0.15, 0.2) is 0 Å². The second-order valence-corrected chi connectivity index (χ2v) is 8.73. The summed E-state index contributed by atoms with van der Waals surface area (Å²) in [4.78, 5) is 26.5. The summed E-state index contributed by atoms with van der Waals surface area (Å²) in [5.74, 6) is 1.31. The van der Waals surface area contributed by atoms with Gasteiger partial charge in [0.1, 0.15) is 17.0 Å². The predicted molar refractivity (Wildman–Crippen MR) is 107 cm³/mol. The molecule has 1 amide bonds. The van der Waals surface area contributed by atoms with Crippen molar-refractivity contribution in [1.29, 1.82) is 0 Å². The third-order valence-corrected chi connectivity index (χ3v) is 6.94. The number of nitrogens with one attached hydrogen (secondary N) is 1. The van der Waals surface area contributed by atoms with Crippen LogP contribution in [0.3, 0.4) is 0 Å². The monoisotopic (exact) mass is 372 g/mol. The number of aromatic nitrogens is 2. The number of nitrogens with zero attached hydrogens (tertiary/aromatic N) is 3. The Morgan fingerprint density at radius 2 is 2.08 bits per heavy atom. The lowest BCUT2D eigenvalue weighted by Gasteiger charge is -2.34. The first-order chi connectivity index (χ1) is 12.7. The molecule has 1 saturated carbocycles. The van der Waals surface area contributed by atoms with Crippen molar-refractivity contribution in [3.8, 4) is 0 Å². The standard InChI is InChI=1S/C20H28N4OS/c1-2-16-11-17-18(21-13-22-20(17)26-16)24-10-6-7-14(12-24)19(25)23-15-8-4-3-5-9-15/h11,13-15H,2-10,12H2,1H3,(H,23,25)/t14-/m0/s1. The molecule has 1 saturated heterocycles. The lowest BCUT2D eigenvalue weighted by Crippen LogP contribution is -2.46. The van der Waals surface area contributed by atoms with E-state index in [0.29, 0.717) is 6.04 Å². The maximum Gasteiger partial charge on any atom is 0.225 e. The number of thiophene rings is 1. The molecule has 2 fully saturated rings. The zero-order chi connectivity index (χ0) is 17.9. The van der Waals surface area contributed by atoms with Crippen LogP contribution in [-0.4, -0.2) is 35.0 Å². The molecule has 1 atom stereocenters. The third-order valence-electron chi connectivity index (χ3n) is 5.75. The molecule has 0 unspecified atom stereocenters. The number of fused-ring (bicyclic) bond motifs is 1. The molecule has 140 valence electrons. The first kappa shape index (κ1) is 17.7. The van der Waals surface area contributed by atoms with Crippen LogP contribution in [0.4, 0.5) is 5.82 Å². The minimum atomic E-state index is 0.0694. The first-order valence-corrected chi connectivity index (χ1v) is 10.8. The summed E-state index contributed by atoms with van der Waals surface area (Å²) in [7, 11) is 0. The van der Waals surface area contributed by atoms with Crippen LogP contribution >= 0.6 is 11.3 Å². The molecule has 2 aromatic rings. The normalized spacial score (nSPS) is 21.9. The Morgan fingerprint density at radius 1 is 1.23 bits per heavy atom. The van der Waals surface area contributed by atoms with Crippen molar-refractivity contribution in [1.82, 2.24) is 15.3 Å². The smallest absolute Gasteiger partial charge is 0.225 e. The molecule has 0 spiro atoms. The Morgan fingerprint density at radius 3 is 2.88 bits per heavy atom. The Hall–Kier alpha value is -1.69. The molecule has 0 radical (unpaired) electrons. The zero-order valence-electron chi connectivity index (χ0n) is 15.5. The van der Waals surface area contributed by atoms with Crippen LogP contribution in [0, 0.1) is 5.92 Å². The fraction of sp³-hybridized carbons (Fsp3) is 0.650. The van der Waals surface area contributed by atoms with Crippen LogP contribution in [0.25, 0.3) is 10.2 Å². The largest absolute Gasteiger partial charge is 0.355 e. The predicted octanol–water partition coefficient (Wildman–Crippen LogP) is 3.92. The second kappa shape index (κ2) is 7.91. The minimum absolute atomic E-state index is 0.0694. The van der Waals surface area contributed by atoms with Gasteiger partial charge in [0.05, 0.1) is 11.3 Å². The lowest BCUT2D eigenvalue weighted by atomic mass is 9.93.